The van der Waals surface area contributed by atoms with Gasteiger partial charge >= 0.3 is 6.09 Å². The first-order chi connectivity index (χ1) is 13.1. The van der Waals surface area contributed by atoms with Crippen molar-refractivity contribution in [3.63, 3.8) is 0 Å². The number of benzene rings is 2. The average molecular weight is 368 g/mol. The van der Waals surface area contributed by atoms with E-state index in [1.165, 1.54) is 0 Å². The molecule has 0 aromatic heterocycles. The number of ether oxygens (including phenoxy) is 1. The van der Waals surface area contributed by atoms with Crippen molar-refractivity contribution >= 4 is 17.5 Å². The number of rotatable bonds is 8. The molecule has 1 aliphatic rings. The van der Waals surface area contributed by atoms with Crippen LogP contribution in [0.2, 0.25) is 0 Å². The van der Waals surface area contributed by atoms with Crippen molar-refractivity contribution in [2.75, 3.05) is 18.5 Å². The number of carbonyl (C=O) groups is 1. The second kappa shape index (κ2) is 8.91. The van der Waals surface area contributed by atoms with Gasteiger partial charge in [0.2, 0.25) is 0 Å². The molecule has 1 saturated heterocycles. The maximum absolute atomic E-state index is 11.5. The number of amides is 1. The number of carbonyl (C=O) groups excluding carboxylic acids is 1. The molecule has 1 amide bonds. The summed E-state index contributed by atoms with van der Waals surface area (Å²) >= 11 is 0. The van der Waals surface area contributed by atoms with Gasteiger partial charge < -0.3 is 20.1 Å². The standard InChI is InChI=1S/C22H28N2O3/c1-3-17(4-2)21(25)18-7-11-20(12-8-18)23-19-9-5-16(6-10-19)15-24-13-14-27-22(24)26/h5-12,17,21,23,25H,3-4,13-15H2,1-2H3. The van der Waals surface area contributed by atoms with E-state index in [2.05, 4.69) is 19.2 Å². The molecule has 1 fully saturated rings. The number of aliphatic hydroxyl groups is 1. The van der Waals surface area contributed by atoms with Gasteiger partial charge in [0.15, 0.2) is 0 Å². The first-order valence-corrected chi connectivity index (χ1v) is 9.66. The molecule has 3 rings (SSSR count). The van der Waals surface area contributed by atoms with Crippen molar-refractivity contribution in [3.8, 4) is 0 Å². The highest BCUT2D eigenvalue weighted by atomic mass is 16.6. The topological polar surface area (TPSA) is 61.8 Å². The largest absolute Gasteiger partial charge is 0.448 e. The van der Waals surface area contributed by atoms with Crippen LogP contribution in [-0.4, -0.2) is 29.3 Å². The Hall–Kier alpha value is -2.53. The van der Waals surface area contributed by atoms with Gasteiger partial charge in [-0.3, -0.25) is 0 Å². The lowest BCUT2D eigenvalue weighted by Crippen LogP contribution is -2.23. The van der Waals surface area contributed by atoms with E-state index < -0.39 is 6.10 Å². The first-order valence-electron chi connectivity index (χ1n) is 9.66. The highest BCUT2D eigenvalue weighted by Gasteiger charge is 2.21. The number of hydrogen-bond acceptors (Lipinski definition) is 4. The Balaban J connectivity index is 1.59. The summed E-state index contributed by atoms with van der Waals surface area (Å²) in [6.45, 7) is 5.92. The fraction of sp³-hybridized carbons (Fsp3) is 0.409. The van der Waals surface area contributed by atoms with Crippen LogP contribution in [0, 0.1) is 5.92 Å². The Morgan fingerprint density at radius 1 is 1.04 bits per heavy atom. The van der Waals surface area contributed by atoms with Gasteiger partial charge in [-0.15, -0.1) is 0 Å². The summed E-state index contributed by atoms with van der Waals surface area (Å²) in [5.41, 5.74) is 3.99. The van der Waals surface area contributed by atoms with Crippen LogP contribution < -0.4 is 5.32 Å². The second-order valence-corrected chi connectivity index (χ2v) is 7.00. The lowest BCUT2D eigenvalue weighted by atomic mass is 9.91. The van der Waals surface area contributed by atoms with Gasteiger partial charge in [0.05, 0.1) is 12.6 Å². The van der Waals surface area contributed by atoms with Crippen LogP contribution in [0.4, 0.5) is 16.2 Å². The van der Waals surface area contributed by atoms with Crippen molar-refractivity contribution in [2.24, 2.45) is 5.92 Å². The molecule has 0 saturated carbocycles. The summed E-state index contributed by atoms with van der Waals surface area (Å²) in [5, 5.41) is 13.8. The van der Waals surface area contributed by atoms with E-state index in [-0.39, 0.29) is 6.09 Å². The van der Waals surface area contributed by atoms with E-state index >= 15 is 0 Å². The molecular formula is C22H28N2O3. The normalized spacial score (nSPS) is 15.1. The molecule has 1 aliphatic heterocycles. The molecule has 1 unspecified atom stereocenters. The fourth-order valence-electron chi connectivity index (χ4n) is 3.42. The predicted octanol–water partition coefficient (Wildman–Crippen LogP) is 4.85. The smallest absolute Gasteiger partial charge is 0.410 e. The Labute approximate surface area is 161 Å². The summed E-state index contributed by atoms with van der Waals surface area (Å²) in [6.07, 6.45) is 1.29. The van der Waals surface area contributed by atoms with Crippen molar-refractivity contribution in [1.29, 1.82) is 0 Å². The number of nitrogens with one attached hydrogen (secondary N) is 1. The molecule has 0 spiro atoms. The predicted molar refractivity (Wildman–Crippen MR) is 107 cm³/mol. The minimum absolute atomic E-state index is 0.243. The van der Waals surface area contributed by atoms with Crippen LogP contribution >= 0.6 is 0 Å². The zero-order valence-electron chi connectivity index (χ0n) is 16.0. The van der Waals surface area contributed by atoms with Crippen LogP contribution in [-0.2, 0) is 11.3 Å². The van der Waals surface area contributed by atoms with Gasteiger partial charge in [-0.05, 0) is 41.3 Å². The maximum Gasteiger partial charge on any atom is 0.410 e. The highest BCUT2D eigenvalue weighted by molar-refractivity contribution is 5.69. The molecule has 0 aliphatic carbocycles. The molecule has 5 nitrogen and oxygen atoms in total. The zero-order chi connectivity index (χ0) is 19.2. The minimum Gasteiger partial charge on any atom is -0.448 e. The molecule has 1 heterocycles. The van der Waals surface area contributed by atoms with Crippen LogP contribution in [0.3, 0.4) is 0 Å². The molecule has 144 valence electrons. The Bertz CT molecular complexity index is 739. The van der Waals surface area contributed by atoms with E-state index in [0.717, 1.165) is 35.3 Å². The molecule has 1 atom stereocenters. The molecule has 5 heteroatoms. The number of anilines is 2. The third-order valence-electron chi connectivity index (χ3n) is 5.21. The molecule has 27 heavy (non-hydrogen) atoms. The fourth-order valence-corrected chi connectivity index (χ4v) is 3.42. The SMILES string of the molecule is CCC(CC)C(O)c1ccc(Nc2ccc(CN3CCOC3=O)cc2)cc1. The number of nitrogens with zero attached hydrogens (tertiary/aromatic N) is 1. The van der Waals surface area contributed by atoms with Gasteiger partial charge in [-0.2, -0.15) is 0 Å². The second-order valence-electron chi connectivity index (χ2n) is 7.00. The summed E-state index contributed by atoms with van der Waals surface area (Å²) in [7, 11) is 0. The summed E-state index contributed by atoms with van der Waals surface area (Å²) < 4.78 is 4.95. The van der Waals surface area contributed by atoms with E-state index in [1.807, 2.05) is 48.5 Å². The molecule has 0 radical (unpaired) electrons. The quantitative estimate of drug-likeness (QED) is 0.699. The lowest BCUT2D eigenvalue weighted by molar-refractivity contribution is 0.103. The van der Waals surface area contributed by atoms with Gasteiger partial charge in [0.25, 0.3) is 0 Å². The van der Waals surface area contributed by atoms with Crippen molar-refractivity contribution < 1.29 is 14.6 Å². The molecule has 0 bridgehead atoms. The summed E-state index contributed by atoms with van der Waals surface area (Å²) in [6, 6.07) is 16.0. The van der Waals surface area contributed by atoms with Gasteiger partial charge in [0, 0.05) is 17.9 Å². The van der Waals surface area contributed by atoms with Crippen LogP contribution in [0.5, 0.6) is 0 Å². The molecular weight excluding hydrogens is 340 g/mol. The number of hydrogen-bond donors (Lipinski definition) is 2. The Morgan fingerprint density at radius 2 is 1.63 bits per heavy atom. The maximum atomic E-state index is 11.5. The van der Waals surface area contributed by atoms with Crippen molar-refractivity contribution in [3.05, 3.63) is 59.7 Å². The first kappa shape index (κ1) is 19.2. The number of cyclic esters (lactones) is 1. The summed E-state index contributed by atoms with van der Waals surface area (Å²) in [4.78, 5) is 13.2. The van der Waals surface area contributed by atoms with Crippen molar-refractivity contribution in [2.45, 2.75) is 39.3 Å². The average Bonchev–Trinajstić information content (AvgIpc) is 3.09. The molecule has 2 aromatic carbocycles. The van der Waals surface area contributed by atoms with E-state index in [1.54, 1.807) is 4.90 Å². The van der Waals surface area contributed by atoms with E-state index in [0.29, 0.717) is 25.6 Å². The highest BCUT2D eigenvalue weighted by Crippen LogP contribution is 2.28. The minimum atomic E-state index is -0.411. The van der Waals surface area contributed by atoms with Gasteiger partial charge in [0.1, 0.15) is 6.61 Å². The van der Waals surface area contributed by atoms with Crippen LogP contribution in [0.1, 0.15) is 43.9 Å². The molecule has 2 N–H and O–H groups in total. The van der Waals surface area contributed by atoms with E-state index in [4.69, 9.17) is 4.74 Å². The Kier molecular flexibility index (Phi) is 6.35. The monoisotopic (exact) mass is 368 g/mol. The lowest BCUT2D eigenvalue weighted by Gasteiger charge is -2.20. The number of aliphatic hydroxyl groups excluding tert-OH is 1. The third kappa shape index (κ3) is 4.80. The van der Waals surface area contributed by atoms with E-state index in [9.17, 15) is 9.90 Å². The third-order valence-corrected chi connectivity index (χ3v) is 5.21. The van der Waals surface area contributed by atoms with Crippen LogP contribution in [0.15, 0.2) is 48.5 Å². The zero-order valence-corrected chi connectivity index (χ0v) is 16.0. The van der Waals surface area contributed by atoms with Crippen LogP contribution in [0.25, 0.3) is 0 Å². The van der Waals surface area contributed by atoms with Gasteiger partial charge in [-0.1, -0.05) is 51.0 Å². The van der Waals surface area contributed by atoms with Crippen molar-refractivity contribution in [1.82, 2.24) is 4.90 Å². The van der Waals surface area contributed by atoms with Gasteiger partial charge in [-0.25, -0.2) is 4.79 Å². The Morgan fingerprint density at radius 3 is 2.15 bits per heavy atom. The summed E-state index contributed by atoms with van der Waals surface area (Å²) in [5.74, 6) is 0.296. The molecule has 2 aromatic rings.